The lowest BCUT2D eigenvalue weighted by atomic mass is 10.1. The molecular formula is C14H16N4O. The van der Waals surface area contributed by atoms with Gasteiger partial charge in [-0.2, -0.15) is 5.10 Å². The third-order valence-corrected chi connectivity index (χ3v) is 3.10. The van der Waals surface area contributed by atoms with Crippen LogP contribution in [-0.2, 0) is 7.05 Å². The minimum Gasteiger partial charge on any atom is -0.335 e. The second-order valence-corrected chi connectivity index (χ2v) is 4.78. The molecule has 0 atom stereocenters. The summed E-state index contributed by atoms with van der Waals surface area (Å²) in [6.45, 7) is 0. The van der Waals surface area contributed by atoms with Gasteiger partial charge in [0.05, 0.1) is 5.69 Å². The predicted molar refractivity (Wildman–Crippen MR) is 73.8 cm³/mol. The Kier molecular flexibility index (Phi) is 2.95. The Morgan fingerprint density at radius 1 is 1.32 bits per heavy atom. The monoisotopic (exact) mass is 256 g/mol. The number of carbonyl (C=O) groups excluding carboxylic acids is 1. The van der Waals surface area contributed by atoms with E-state index in [1.807, 2.05) is 43.4 Å². The Labute approximate surface area is 111 Å². The molecule has 2 N–H and O–H groups in total. The summed E-state index contributed by atoms with van der Waals surface area (Å²) in [5, 5.41) is 9.93. The maximum Gasteiger partial charge on any atom is 0.320 e. The summed E-state index contributed by atoms with van der Waals surface area (Å²) >= 11 is 0. The van der Waals surface area contributed by atoms with Crippen molar-refractivity contribution in [3.8, 4) is 11.3 Å². The van der Waals surface area contributed by atoms with Gasteiger partial charge in [-0.3, -0.25) is 10.00 Å². The largest absolute Gasteiger partial charge is 0.335 e. The average Bonchev–Trinajstić information content (AvgIpc) is 3.13. The zero-order valence-electron chi connectivity index (χ0n) is 10.8. The Hall–Kier alpha value is -2.30. The molecule has 1 fully saturated rings. The lowest BCUT2D eigenvalue weighted by molar-refractivity contribution is 0.251. The molecule has 1 aromatic heterocycles. The average molecular weight is 256 g/mol. The van der Waals surface area contributed by atoms with Crippen LogP contribution in [0.25, 0.3) is 11.3 Å². The molecule has 2 amide bonds. The van der Waals surface area contributed by atoms with Crippen LogP contribution in [0.15, 0.2) is 36.4 Å². The van der Waals surface area contributed by atoms with Gasteiger partial charge >= 0.3 is 6.03 Å². The molecular weight excluding hydrogens is 240 g/mol. The van der Waals surface area contributed by atoms with E-state index in [0.717, 1.165) is 24.1 Å². The normalized spacial score (nSPS) is 14.2. The molecule has 1 saturated carbocycles. The van der Waals surface area contributed by atoms with Crippen molar-refractivity contribution < 1.29 is 4.79 Å². The third kappa shape index (κ3) is 2.76. The molecule has 0 aliphatic heterocycles. The number of nitrogens with zero attached hydrogens (tertiary/aromatic N) is 2. The van der Waals surface area contributed by atoms with Crippen LogP contribution in [0.5, 0.6) is 0 Å². The minimum atomic E-state index is -0.180. The second kappa shape index (κ2) is 4.76. The number of anilines is 1. The van der Waals surface area contributed by atoms with Crippen molar-refractivity contribution in [2.75, 3.05) is 5.32 Å². The summed E-state index contributed by atoms with van der Waals surface area (Å²) in [7, 11) is 1.87. The third-order valence-electron chi connectivity index (χ3n) is 3.10. The van der Waals surface area contributed by atoms with Crippen molar-refractivity contribution in [2.45, 2.75) is 18.9 Å². The summed E-state index contributed by atoms with van der Waals surface area (Å²) < 4.78 is 1.77. The van der Waals surface area contributed by atoms with Crippen molar-refractivity contribution in [2.24, 2.45) is 7.05 Å². The molecule has 1 aliphatic rings. The maximum absolute atomic E-state index is 11.6. The first-order valence-corrected chi connectivity index (χ1v) is 6.39. The van der Waals surface area contributed by atoms with Gasteiger partial charge in [0.15, 0.2) is 5.82 Å². The molecule has 2 aromatic rings. The summed E-state index contributed by atoms with van der Waals surface area (Å²) in [5.74, 6) is 0.569. The fourth-order valence-corrected chi connectivity index (χ4v) is 1.97. The molecule has 0 spiro atoms. The van der Waals surface area contributed by atoms with Gasteiger partial charge in [-0.15, -0.1) is 0 Å². The van der Waals surface area contributed by atoms with Gasteiger partial charge in [-0.05, 0) is 18.4 Å². The van der Waals surface area contributed by atoms with Crippen molar-refractivity contribution in [1.29, 1.82) is 0 Å². The van der Waals surface area contributed by atoms with Crippen LogP contribution in [0.2, 0.25) is 0 Å². The van der Waals surface area contributed by atoms with Crippen molar-refractivity contribution >= 4 is 11.8 Å². The molecule has 1 heterocycles. The van der Waals surface area contributed by atoms with Crippen molar-refractivity contribution in [3.63, 3.8) is 0 Å². The molecule has 0 bridgehead atoms. The molecule has 0 radical (unpaired) electrons. The van der Waals surface area contributed by atoms with Gasteiger partial charge in [0, 0.05) is 19.2 Å². The summed E-state index contributed by atoms with van der Waals surface area (Å²) in [4.78, 5) is 11.6. The molecule has 5 heteroatoms. The minimum absolute atomic E-state index is 0.180. The van der Waals surface area contributed by atoms with E-state index < -0.39 is 0 Å². The molecule has 0 unspecified atom stereocenters. The number of nitrogens with one attached hydrogen (secondary N) is 2. The van der Waals surface area contributed by atoms with E-state index in [-0.39, 0.29) is 6.03 Å². The quantitative estimate of drug-likeness (QED) is 0.885. The van der Waals surface area contributed by atoms with Gasteiger partial charge in [0.25, 0.3) is 0 Å². The number of rotatable bonds is 3. The summed E-state index contributed by atoms with van der Waals surface area (Å²) in [6.07, 6.45) is 2.15. The van der Waals surface area contributed by atoms with Gasteiger partial charge < -0.3 is 5.32 Å². The lowest BCUT2D eigenvalue weighted by Gasteiger charge is -2.02. The number of benzene rings is 1. The predicted octanol–water partition coefficient (Wildman–Crippen LogP) is 2.37. The number of urea groups is 1. The van der Waals surface area contributed by atoms with Crippen molar-refractivity contribution in [1.82, 2.24) is 15.1 Å². The number of aryl methyl sites for hydroxylation is 1. The van der Waals surface area contributed by atoms with E-state index in [9.17, 15) is 4.79 Å². The molecule has 19 heavy (non-hydrogen) atoms. The zero-order chi connectivity index (χ0) is 13.2. The topological polar surface area (TPSA) is 59.0 Å². The SMILES string of the molecule is Cn1nc(NC(=O)NC2CC2)cc1-c1ccccc1. The number of aromatic nitrogens is 2. The van der Waals surface area contributed by atoms with Crippen LogP contribution in [-0.4, -0.2) is 21.9 Å². The Morgan fingerprint density at radius 3 is 2.74 bits per heavy atom. The number of hydrogen-bond donors (Lipinski definition) is 2. The number of carbonyl (C=O) groups is 1. The first-order chi connectivity index (χ1) is 9.22. The van der Waals surface area contributed by atoms with E-state index in [2.05, 4.69) is 15.7 Å². The smallest absolute Gasteiger partial charge is 0.320 e. The van der Waals surface area contributed by atoms with E-state index in [0.29, 0.717) is 11.9 Å². The van der Waals surface area contributed by atoms with E-state index >= 15 is 0 Å². The van der Waals surface area contributed by atoms with Crippen LogP contribution >= 0.6 is 0 Å². The number of hydrogen-bond acceptors (Lipinski definition) is 2. The second-order valence-electron chi connectivity index (χ2n) is 4.78. The van der Waals surface area contributed by atoms with Gasteiger partial charge in [-0.1, -0.05) is 30.3 Å². The van der Waals surface area contributed by atoms with Crippen LogP contribution in [0.3, 0.4) is 0 Å². The van der Waals surface area contributed by atoms with Crippen LogP contribution in [0, 0.1) is 0 Å². The van der Waals surface area contributed by atoms with E-state index in [1.54, 1.807) is 4.68 Å². The maximum atomic E-state index is 11.6. The fraction of sp³-hybridized carbons (Fsp3) is 0.286. The Bertz CT molecular complexity index is 587. The van der Waals surface area contributed by atoms with Crippen LogP contribution in [0.1, 0.15) is 12.8 Å². The Morgan fingerprint density at radius 2 is 2.05 bits per heavy atom. The van der Waals surface area contributed by atoms with Gasteiger partial charge in [0.2, 0.25) is 0 Å². The number of amides is 2. The standard InChI is InChI=1S/C14H16N4O/c1-18-12(10-5-3-2-4-6-10)9-13(17-18)16-14(19)15-11-7-8-11/h2-6,9,11H,7-8H2,1H3,(H2,15,16,17,19). The first-order valence-electron chi connectivity index (χ1n) is 6.39. The fourth-order valence-electron chi connectivity index (χ4n) is 1.97. The molecule has 1 aromatic carbocycles. The van der Waals surface area contributed by atoms with Crippen LogP contribution in [0.4, 0.5) is 10.6 Å². The van der Waals surface area contributed by atoms with Gasteiger partial charge in [0.1, 0.15) is 0 Å². The van der Waals surface area contributed by atoms with Crippen molar-refractivity contribution in [3.05, 3.63) is 36.4 Å². The highest BCUT2D eigenvalue weighted by atomic mass is 16.2. The molecule has 3 rings (SSSR count). The zero-order valence-corrected chi connectivity index (χ0v) is 10.8. The highest BCUT2D eigenvalue weighted by Crippen LogP contribution is 2.22. The molecule has 98 valence electrons. The summed E-state index contributed by atoms with van der Waals surface area (Å²) in [5.41, 5.74) is 2.05. The molecule has 0 saturated heterocycles. The first kappa shape index (κ1) is 11.8. The van der Waals surface area contributed by atoms with E-state index in [4.69, 9.17) is 0 Å². The summed E-state index contributed by atoms with van der Waals surface area (Å²) in [6, 6.07) is 12.0. The molecule has 1 aliphatic carbocycles. The van der Waals surface area contributed by atoms with E-state index in [1.165, 1.54) is 0 Å². The Balaban J connectivity index is 1.75. The van der Waals surface area contributed by atoms with Crippen LogP contribution < -0.4 is 10.6 Å². The highest BCUT2D eigenvalue weighted by Gasteiger charge is 2.23. The molecule has 5 nitrogen and oxygen atoms in total. The highest BCUT2D eigenvalue weighted by molar-refractivity contribution is 5.89. The lowest BCUT2D eigenvalue weighted by Crippen LogP contribution is -2.30. The van der Waals surface area contributed by atoms with Gasteiger partial charge in [-0.25, -0.2) is 4.79 Å².